The van der Waals surface area contributed by atoms with Crippen LogP contribution in [0.1, 0.15) is 50.3 Å². The number of nitrogens with zero attached hydrogens (tertiary/aromatic N) is 1. The van der Waals surface area contributed by atoms with Gasteiger partial charge in [0.25, 0.3) is 9.04 Å². The smallest absolute Gasteiger partial charge is 0.418 e. The SMILES string of the molecule is CC(C)(C)c1cccc2c1CCC(O)C2(CCOC(=O)N(c1ccccc1)c1ccccc1)O[Si](c1ccccc1)c1ccccc1. The molecule has 0 fully saturated rings. The highest BCUT2D eigenvalue weighted by Crippen LogP contribution is 2.45. The topological polar surface area (TPSA) is 59.0 Å². The molecule has 5 nitrogen and oxygen atoms in total. The molecule has 1 amide bonds. The van der Waals surface area contributed by atoms with Crippen LogP contribution >= 0.6 is 0 Å². The van der Waals surface area contributed by atoms with Crippen molar-refractivity contribution in [1.82, 2.24) is 0 Å². The number of carbonyl (C=O) groups is 1. The molecule has 2 atom stereocenters. The number of rotatable bonds is 9. The van der Waals surface area contributed by atoms with E-state index in [0.29, 0.717) is 24.2 Å². The molecular formula is C41H42NO4Si. The molecule has 0 aliphatic heterocycles. The maximum Gasteiger partial charge on any atom is 0.418 e. The first-order valence-electron chi connectivity index (χ1n) is 16.3. The Bertz CT molecular complexity index is 1680. The number of carbonyl (C=O) groups excluding carboxylic acids is 1. The van der Waals surface area contributed by atoms with Gasteiger partial charge in [0.15, 0.2) is 0 Å². The number of anilines is 2. The van der Waals surface area contributed by atoms with Gasteiger partial charge in [0.2, 0.25) is 0 Å². The Hall–Kier alpha value is -4.49. The van der Waals surface area contributed by atoms with Gasteiger partial charge < -0.3 is 14.3 Å². The lowest BCUT2D eigenvalue weighted by Crippen LogP contribution is -2.56. The van der Waals surface area contributed by atoms with Crippen molar-refractivity contribution in [3.8, 4) is 0 Å². The number of aliphatic hydroxyl groups excluding tert-OH is 1. The molecule has 2 unspecified atom stereocenters. The lowest BCUT2D eigenvalue weighted by atomic mass is 9.70. The molecule has 47 heavy (non-hydrogen) atoms. The molecule has 5 aromatic rings. The quantitative estimate of drug-likeness (QED) is 0.168. The van der Waals surface area contributed by atoms with Crippen molar-refractivity contribution in [2.45, 2.75) is 57.2 Å². The van der Waals surface area contributed by atoms with Crippen molar-refractivity contribution >= 4 is 36.9 Å². The van der Waals surface area contributed by atoms with Crippen LogP contribution in [0, 0.1) is 0 Å². The minimum absolute atomic E-state index is 0.0595. The summed E-state index contributed by atoms with van der Waals surface area (Å²) in [6, 6.07) is 46.0. The molecule has 1 aliphatic rings. The van der Waals surface area contributed by atoms with Crippen LogP contribution in [0.15, 0.2) is 140 Å². The first-order chi connectivity index (χ1) is 22.8. The van der Waals surface area contributed by atoms with E-state index in [1.807, 2.05) is 97.1 Å². The summed E-state index contributed by atoms with van der Waals surface area (Å²) in [7, 11) is -1.84. The van der Waals surface area contributed by atoms with Crippen molar-refractivity contribution in [3.63, 3.8) is 0 Å². The predicted octanol–water partition coefficient (Wildman–Crippen LogP) is 7.67. The van der Waals surface area contributed by atoms with E-state index < -0.39 is 26.8 Å². The predicted molar refractivity (Wildman–Crippen MR) is 191 cm³/mol. The van der Waals surface area contributed by atoms with Gasteiger partial charge in [-0.1, -0.05) is 136 Å². The van der Waals surface area contributed by atoms with Crippen LogP contribution in [0.3, 0.4) is 0 Å². The Labute approximate surface area is 280 Å². The zero-order chi connectivity index (χ0) is 32.9. The van der Waals surface area contributed by atoms with E-state index in [1.165, 1.54) is 11.1 Å². The fraction of sp³-hybridized carbons (Fsp3) is 0.244. The molecule has 0 aromatic heterocycles. The van der Waals surface area contributed by atoms with E-state index in [1.54, 1.807) is 4.90 Å². The van der Waals surface area contributed by atoms with E-state index in [-0.39, 0.29) is 12.0 Å². The summed E-state index contributed by atoms with van der Waals surface area (Å²) in [6.07, 6.45) is 0.320. The van der Waals surface area contributed by atoms with Gasteiger partial charge in [-0.2, -0.15) is 0 Å². The first kappa shape index (κ1) is 32.4. The summed E-state index contributed by atoms with van der Waals surface area (Å²) in [4.78, 5) is 15.5. The summed E-state index contributed by atoms with van der Waals surface area (Å²) in [5.41, 5.74) is 3.69. The highest BCUT2D eigenvalue weighted by atomic mass is 28.3. The molecule has 239 valence electrons. The van der Waals surface area contributed by atoms with Crippen molar-refractivity contribution in [1.29, 1.82) is 0 Å². The van der Waals surface area contributed by atoms with E-state index in [9.17, 15) is 9.90 Å². The summed E-state index contributed by atoms with van der Waals surface area (Å²) < 4.78 is 13.5. The molecule has 0 spiro atoms. The van der Waals surface area contributed by atoms with Crippen molar-refractivity contribution in [2.24, 2.45) is 0 Å². The summed E-state index contributed by atoms with van der Waals surface area (Å²) >= 11 is 0. The number of amides is 1. The fourth-order valence-corrected chi connectivity index (χ4v) is 8.91. The zero-order valence-electron chi connectivity index (χ0n) is 27.3. The van der Waals surface area contributed by atoms with Crippen LogP contribution in [-0.2, 0) is 26.6 Å². The van der Waals surface area contributed by atoms with Crippen LogP contribution in [0.5, 0.6) is 0 Å². The number of aliphatic hydroxyl groups is 1. The molecule has 0 saturated heterocycles. The normalized spacial score (nSPS) is 17.6. The third-order valence-electron chi connectivity index (χ3n) is 8.91. The van der Waals surface area contributed by atoms with E-state index in [2.05, 4.69) is 63.2 Å². The second kappa shape index (κ2) is 14.1. The lowest BCUT2D eigenvalue weighted by molar-refractivity contribution is -0.0838. The standard InChI is InChI=1S/C41H42NO4Si/c1-40(2,3)36-25-16-26-37-35(36)27-28-38(43)41(37,46-47(33-21-12-6-13-22-33)34-23-14-7-15-24-34)29-30-45-39(44)42(31-17-8-4-9-18-31)32-19-10-5-11-20-32/h4-26,38,43H,27-30H2,1-3H3. The number of hydrogen-bond donors (Lipinski definition) is 1. The van der Waals surface area contributed by atoms with Gasteiger partial charge in [-0.3, -0.25) is 0 Å². The van der Waals surface area contributed by atoms with Crippen LogP contribution in [0.4, 0.5) is 16.2 Å². The summed E-state index contributed by atoms with van der Waals surface area (Å²) in [5, 5.41) is 14.3. The Kier molecular flexibility index (Phi) is 9.73. The number of hydrogen-bond acceptors (Lipinski definition) is 4. The van der Waals surface area contributed by atoms with Gasteiger partial charge in [-0.05, 0) is 69.6 Å². The molecule has 1 N–H and O–H groups in total. The van der Waals surface area contributed by atoms with E-state index >= 15 is 0 Å². The van der Waals surface area contributed by atoms with E-state index in [4.69, 9.17) is 9.16 Å². The molecule has 0 bridgehead atoms. The van der Waals surface area contributed by atoms with Gasteiger partial charge >= 0.3 is 6.09 Å². The molecule has 6 rings (SSSR count). The van der Waals surface area contributed by atoms with Crippen molar-refractivity contribution < 1.29 is 19.1 Å². The molecule has 1 radical (unpaired) electrons. The molecular weight excluding hydrogens is 599 g/mol. The average molecular weight is 641 g/mol. The van der Waals surface area contributed by atoms with Gasteiger partial charge in [0.1, 0.15) is 5.60 Å². The summed E-state index contributed by atoms with van der Waals surface area (Å²) in [5.74, 6) is 0. The average Bonchev–Trinajstić information content (AvgIpc) is 3.10. The van der Waals surface area contributed by atoms with Crippen LogP contribution in [-0.4, -0.2) is 33.0 Å². The maximum atomic E-state index is 13.9. The first-order valence-corrected chi connectivity index (χ1v) is 17.7. The van der Waals surface area contributed by atoms with E-state index in [0.717, 1.165) is 22.4 Å². The zero-order valence-corrected chi connectivity index (χ0v) is 28.3. The Balaban J connectivity index is 1.40. The molecule has 0 heterocycles. The molecule has 5 aromatic carbocycles. The highest BCUT2D eigenvalue weighted by molar-refractivity contribution is 6.80. The minimum Gasteiger partial charge on any atom is -0.449 e. The maximum absolute atomic E-state index is 13.9. The van der Waals surface area contributed by atoms with Gasteiger partial charge in [0.05, 0.1) is 24.1 Å². The number of para-hydroxylation sites is 2. The number of fused-ring (bicyclic) bond motifs is 1. The minimum atomic E-state index is -1.84. The Morgan fingerprint density at radius 1 is 0.766 bits per heavy atom. The second-order valence-corrected chi connectivity index (χ2v) is 15.1. The monoisotopic (exact) mass is 640 g/mol. The van der Waals surface area contributed by atoms with Crippen molar-refractivity contribution in [3.05, 3.63) is 156 Å². The highest BCUT2D eigenvalue weighted by Gasteiger charge is 2.48. The Morgan fingerprint density at radius 3 is 1.79 bits per heavy atom. The van der Waals surface area contributed by atoms with Gasteiger partial charge in [-0.15, -0.1) is 0 Å². The molecule has 0 saturated carbocycles. The second-order valence-electron chi connectivity index (χ2n) is 13.1. The molecule has 6 heteroatoms. The largest absolute Gasteiger partial charge is 0.449 e. The van der Waals surface area contributed by atoms with Gasteiger partial charge in [0, 0.05) is 6.42 Å². The number of benzene rings is 5. The number of ether oxygens (including phenoxy) is 1. The third-order valence-corrected chi connectivity index (χ3v) is 11.2. The van der Waals surface area contributed by atoms with Gasteiger partial charge in [-0.25, -0.2) is 9.69 Å². The Morgan fingerprint density at radius 2 is 1.28 bits per heavy atom. The van der Waals surface area contributed by atoms with Crippen LogP contribution < -0.4 is 15.3 Å². The summed E-state index contributed by atoms with van der Waals surface area (Å²) in [6.45, 7) is 6.73. The lowest BCUT2D eigenvalue weighted by Gasteiger charge is -2.46. The van der Waals surface area contributed by atoms with Crippen LogP contribution in [0.25, 0.3) is 0 Å². The fourth-order valence-electron chi connectivity index (χ4n) is 6.64. The van der Waals surface area contributed by atoms with Crippen LogP contribution in [0.2, 0.25) is 0 Å². The molecule has 1 aliphatic carbocycles. The third kappa shape index (κ3) is 6.96. The van der Waals surface area contributed by atoms with Crippen molar-refractivity contribution in [2.75, 3.05) is 11.5 Å².